The number of thiophene rings is 1. The standard InChI is InChI=1S/C9H11NO5S2/c11-5-9(1-2-9)10-17(14,15)6-3-7(8(12)13)16-4-6/h3-4,10-11H,1-2,5H2,(H,12,13). The highest BCUT2D eigenvalue weighted by atomic mass is 32.2. The van der Waals surface area contributed by atoms with Crippen LogP contribution < -0.4 is 4.72 Å². The molecule has 1 aromatic heterocycles. The van der Waals surface area contributed by atoms with Gasteiger partial charge in [0.05, 0.1) is 17.0 Å². The maximum absolute atomic E-state index is 11.9. The number of aliphatic hydroxyl groups excluding tert-OH is 1. The molecule has 0 atom stereocenters. The fourth-order valence-electron chi connectivity index (χ4n) is 1.36. The summed E-state index contributed by atoms with van der Waals surface area (Å²) in [6.45, 7) is -0.248. The first-order chi connectivity index (χ1) is 7.88. The average molecular weight is 277 g/mol. The second kappa shape index (κ2) is 4.05. The summed E-state index contributed by atoms with van der Waals surface area (Å²) in [4.78, 5) is 10.6. The molecule has 1 aliphatic carbocycles. The smallest absolute Gasteiger partial charge is 0.345 e. The van der Waals surface area contributed by atoms with E-state index in [0.717, 1.165) is 17.4 Å². The summed E-state index contributed by atoms with van der Waals surface area (Å²) < 4.78 is 26.1. The zero-order valence-electron chi connectivity index (χ0n) is 8.71. The van der Waals surface area contributed by atoms with Crippen LogP contribution in [0.4, 0.5) is 0 Å². The van der Waals surface area contributed by atoms with E-state index in [9.17, 15) is 13.2 Å². The number of carbonyl (C=O) groups is 1. The van der Waals surface area contributed by atoms with E-state index in [0.29, 0.717) is 12.8 Å². The van der Waals surface area contributed by atoms with Gasteiger partial charge in [-0.15, -0.1) is 11.3 Å². The van der Waals surface area contributed by atoms with Gasteiger partial charge in [-0.1, -0.05) is 0 Å². The van der Waals surface area contributed by atoms with Crippen molar-refractivity contribution >= 4 is 27.3 Å². The van der Waals surface area contributed by atoms with Crippen LogP contribution in [0.25, 0.3) is 0 Å². The molecule has 0 bridgehead atoms. The number of hydrogen-bond donors (Lipinski definition) is 3. The van der Waals surface area contributed by atoms with Crippen LogP contribution in [-0.2, 0) is 10.0 Å². The van der Waals surface area contributed by atoms with E-state index >= 15 is 0 Å². The molecule has 1 aliphatic rings. The van der Waals surface area contributed by atoms with Crippen molar-refractivity contribution in [2.24, 2.45) is 0 Å². The Bertz CT molecular complexity index is 543. The number of sulfonamides is 1. The third kappa shape index (κ3) is 2.49. The molecule has 0 unspecified atom stereocenters. The maximum Gasteiger partial charge on any atom is 0.345 e. The minimum Gasteiger partial charge on any atom is -0.477 e. The molecule has 0 spiro atoms. The van der Waals surface area contributed by atoms with Crippen molar-refractivity contribution in [3.63, 3.8) is 0 Å². The molecular formula is C9H11NO5S2. The van der Waals surface area contributed by atoms with E-state index in [2.05, 4.69) is 4.72 Å². The van der Waals surface area contributed by atoms with Gasteiger partial charge in [-0.05, 0) is 18.9 Å². The minimum atomic E-state index is -3.74. The van der Waals surface area contributed by atoms with Crippen LogP contribution in [0.2, 0.25) is 0 Å². The van der Waals surface area contributed by atoms with Crippen LogP contribution >= 0.6 is 11.3 Å². The van der Waals surface area contributed by atoms with Gasteiger partial charge >= 0.3 is 5.97 Å². The number of carboxylic acid groups (broad SMARTS) is 1. The van der Waals surface area contributed by atoms with E-state index in [1.165, 1.54) is 5.38 Å². The lowest BCUT2D eigenvalue weighted by Crippen LogP contribution is -2.39. The van der Waals surface area contributed by atoms with Gasteiger partial charge in [-0.2, -0.15) is 0 Å². The zero-order valence-corrected chi connectivity index (χ0v) is 10.3. The molecule has 0 radical (unpaired) electrons. The van der Waals surface area contributed by atoms with Crippen molar-refractivity contribution < 1.29 is 23.4 Å². The lowest BCUT2D eigenvalue weighted by atomic mass is 10.3. The highest BCUT2D eigenvalue weighted by molar-refractivity contribution is 7.89. The van der Waals surface area contributed by atoms with E-state index in [-0.39, 0.29) is 16.4 Å². The fraction of sp³-hybridized carbons (Fsp3) is 0.444. The normalized spacial score (nSPS) is 17.9. The number of aliphatic hydroxyl groups is 1. The van der Waals surface area contributed by atoms with Gasteiger partial charge in [-0.25, -0.2) is 17.9 Å². The zero-order chi connectivity index (χ0) is 12.7. The molecule has 1 fully saturated rings. The molecule has 8 heteroatoms. The fourth-order valence-corrected chi connectivity index (χ4v) is 3.92. The molecule has 3 N–H and O–H groups in total. The van der Waals surface area contributed by atoms with Crippen molar-refractivity contribution in [2.45, 2.75) is 23.3 Å². The molecule has 0 amide bonds. The first-order valence-corrected chi connectivity index (χ1v) is 7.21. The average Bonchev–Trinajstić information content (AvgIpc) is 2.82. The molecule has 0 saturated heterocycles. The Labute approximate surface area is 102 Å². The third-order valence-electron chi connectivity index (χ3n) is 2.60. The molecule has 0 aromatic carbocycles. The van der Waals surface area contributed by atoms with Gasteiger partial charge in [0.2, 0.25) is 10.0 Å². The van der Waals surface area contributed by atoms with Crippen LogP contribution in [0.3, 0.4) is 0 Å². The largest absolute Gasteiger partial charge is 0.477 e. The Morgan fingerprint density at radius 1 is 1.53 bits per heavy atom. The molecule has 6 nitrogen and oxygen atoms in total. The molecule has 1 saturated carbocycles. The Kier molecular flexibility index (Phi) is 2.98. The van der Waals surface area contributed by atoms with Crippen LogP contribution in [0, 0.1) is 0 Å². The molecule has 1 aromatic rings. The van der Waals surface area contributed by atoms with Crippen molar-refractivity contribution in [1.82, 2.24) is 4.72 Å². The second-order valence-electron chi connectivity index (χ2n) is 4.00. The molecule has 2 rings (SSSR count). The maximum atomic E-state index is 11.9. The lowest BCUT2D eigenvalue weighted by molar-refractivity contribution is 0.0702. The van der Waals surface area contributed by atoms with E-state index < -0.39 is 21.5 Å². The third-order valence-corrected chi connectivity index (χ3v) is 5.23. The summed E-state index contributed by atoms with van der Waals surface area (Å²) in [5, 5.41) is 19.0. The number of hydrogen-bond acceptors (Lipinski definition) is 5. The minimum absolute atomic E-state index is 0.0285. The van der Waals surface area contributed by atoms with E-state index in [1.807, 2.05) is 0 Å². The molecular weight excluding hydrogens is 266 g/mol. The topological polar surface area (TPSA) is 104 Å². The van der Waals surface area contributed by atoms with Gasteiger partial charge in [-0.3, -0.25) is 0 Å². The predicted octanol–water partition coefficient (Wildman–Crippen LogP) is 0.249. The summed E-state index contributed by atoms with van der Waals surface area (Å²) in [7, 11) is -3.74. The number of rotatable bonds is 5. The molecule has 94 valence electrons. The van der Waals surface area contributed by atoms with Crippen molar-refractivity contribution in [1.29, 1.82) is 0 Å². The number of carboxylic acids is 1. The summed E-state index contributed by atoms with van der Waals surface area (Å²) in [5.41, 5.74) is -0.746. The van der Waals surface area contributed by atoms with Crippen LogP contribution in [-0.4, -0.2) is 36.7 Å². The molecule has 0 aliphatic heterocycles. The van der Waals surface area contributed by atoms with Crippen molar-refractivity contribution in [2.75, 3.05) is 6.61 Å². The van der Waals surface area contributed by atoms with Crippen molar-refractivity contribution in [3.05, 3.63) is 16.3 Å². The Morgan fingerprint density at radius 3 is 2.59 bits per heavy atom. The highest BCUT2D eigenvalue weighted by Gasteiger charge is 2.45. The molecule has 1 heterocycles. The predicted molar refractivity (Wildman–Crippen MR) is 60.7 cm³/mol. The first kappa shape index (κ1) is 12.5. The van der Waals surface area contributed by atoms with Gasteiger partial charge < -0.3 is 10.2 Å². The van der Waals surface area contributed by atoms with Crippen molar-refractivity contribution in [3.8, 4) is 0 Å². The highest BCUT2D eigenvalue weighted by Crippen LogP contribution is 2.36. The number of aromatic carboxylic acids is 1. The van der Waals surface area contributed by atoms with Gasteiger partial charge in [0.25, 0.3) is 0 Å². The summed E-state index contributed by atoms with van der Waals surface area (Å²) >= 11 is 0.857. The summed E-state index contributed by atoms with van der Waals surface area (Å²) in [5.74, 6) is -1.15. The Morgan fingerprint density at radius 2 is 2.18 bits per heavy atom. The summed E-state index contributed by atoms with van der Waals surface area (Å²) in [6, 6.07) is 1.11. The summed E-state index contributed by atoms with van der Waals surface area (Å²) in [6.07, 6.45) is 1.19. The van der Waals surface area contributed by atoms with E-state index in [1.54, 1.807) is 0 Å². The SMILES string of the molecule is O=C(O)c1cc(S(=O)(=O)NC2(CO)CC2)cs1. The van der Waals surface area contributed by atoms with Gasteiger partial charge in [0.1, 0.15) is 4.88 Å². The van der Waals surface area contributed by atoms with Gasteiger partial charge in [0.15, 0.2) is 0 Å². The molecule has 17 heavy (non-hydrogen) atoms. The first-order valence-electron chi connectivity index (χ1n) is 4.85. The van der Waals surface area contributed by atoms with Crippen LogP contribution in [0.5, 0.6) is 0 Å². The van der Waals surface area contributed by atoms with E-state index in [4.69, 9.17) is 10.2 Å². The Balaban J connectivity index is 2.22. The quantitative estimate of drug-likeness (QED) is 0.715. The van der Waals surface area contributed by atoms with Crippen LogP contribution in [0.1, 0.15) is 22.5 Å². The van der Waals surface area contributed by atoms with Gasteiger partial charge in [0, 0.05) is 5.38 Å². The second-order valence-corrected chi connectivity index (χ2v) is 6.59. The monoisotopic (exact) mass is 277 g/mol. The van der Waals surface area contributed by atoms with Crippen LogP contribution in [0.15, 0.2) is 16.3 Å². The Hall–Kier alpha value is -0.960. The number of nitrogens with one attached hydrogen (secondary N) is 1. The lowest BCUT2D eigenvalue weighted by Gasteiger charge is -2.13.